The minimum absolute atomic E-state index is 0.0572. The molecule has 1 amide bonds. The highest BCUT2D eigenvalue weighted by Crippen LogP contribution is 2.34. The van der Waals surface area contributed by atoms with E-state index in [1.807, 2.05) is 6.07 Å². The second kappa shape index (κ2) is 11.1. The number of sulfonamides is 1. The highest BCUT2D eigenvalue weighted by Gasteiger charge is 2.36. The van der Waals surface area contributed by atoms with E-state index in [9.17, 15) is 31.6 Å². The Labute approximate surface area is 243 Å². The van der Waals surface area contributed by atoms with Gasteiger partial charge >= 0.3 is 6.18 Å². The summed E-state index contributed by atoms with van der Waals surface area (Å²) in [4.78, 5) is 13.3. The second-order valence-electron chi connectivity index (χ2n) is 9.99. The first-order valence-electron chi connectivity index (χ1n) is 12.0. The SMILES string of the molecule is CC(C)(C)NS(=O)(=O)c1ccccc1-c1ccc(NC(=O)c2cc(C(F)(F)F)nn2-c2cccc(C#N)c2)c(Br)c1. The number of nitrogens with one attached hydrogen (secondary N) is 2. The molecule has 0 aliphatic carbocycles. The number of rotatable bonds is 6. The summed E-state index contributed by atoms with van der Waals surface area (Å²) in [5.74, 6) is -0.888. The number of carbonyl (C=O) groups excluding carboxylic acids is 1. The number of amides is 1. The van der Waals surface area contributed by atoms with Crippen LogP contribution in [0.1, 0.15) is 42.5 Å². The Morgan fingerprint density at radius 2 is 1.71 bits per heavy atom. The standard InChI is InChI=1S/C28H23BrF3N5O3S/c1-27(2,3)36-41(39,40)24-10-5-4-9-20(24)18-11-12-22(21(29)14-18)34-26(38)23-15-25(28(30,31)32)35-37(23)19-8-6-7-17(13-19)16-33/h4-15,36H,1-3H3,(H,34,38). The van der Waals surface area contributed by atoms with Crippen LogP contribution < -0.4 is 10.0 Å². The highest BCUT2D eigenvalue weighted by atomic mass is 79.9. The van der Waals surface area contributed by atoms with E-state index in [1.54, 1.807) is 51.1 Å². The van der Waals surface area contributed by atoms with E-state index in [1.165, 1.54) is 36.4 Å². The lowest BCUT2D eigenvalue weighted by Crippen LogP contribution is -2.40. The van der Waals surface area contributed by atoms with Crippen LogP contribution in [0.5, 0.6) is 0 Å². The Balaban J connectivity index is 1.69. The summed E-state index contributed by atoms with van der Waals surface area (Å²) in [6, 6.07) is 19.3. The number of halogens is 4. The molecule has 0 bridgehead atoms. The fourth-order valence-electron chi connectivity index (χ4n) is 3.95. The number of nitrogens with zero attached hydrogens (tertiary/aromatic N) is 3. The van der Waals surface area contributed by atoms with Crippen LogP contribution in [0.2, 0.25) is 0 Å². The summed E-state index contributed by atoms with van der Waals surface area (Å²) < 4.78 is 70.4. The van der Waals surface area contributed by atoms with Gasteiger partial charge in [-0.15, -0.1) is 0 Å². The summed E-state index contributed by atoms with van der Waals surface area (Å²) in [5.41, 5.74) is -0.976. The normalized spacial score (nSPS) is 12.1. The van der Waals surface area contributed by atoms with Crippen LogP contribution in [-0.4, -0.2) is 29.6 Å². The average Bonchev–Trinajstić information content (AvgIpc) is 3.35. The monoisotopic (exact) mass is 645 g/mol. The van der Waals surface area contributed by atoms with Gasteiger partial charge in [-0.05, 0) is 78.7 Å². The maximum Gasteiger partial charge on any atom is 0.435 e. The van der Waals surface area contributed by atoms with Crippen molar-refractivity contribution in [2.45, 2.75) is 37.4 Å². The van der Waals surface area contributed by atoms with Gasteiger partial charge in [0.25, 0.3) is 5.91 Å². The lowest BCUT2D eigenvalue weighted by atomic mass is 10.1. The molecule has 0 saturated carbocycles. The molecule has 0 radical (unpaired) electrons. The van der Waals surface area contributed by atoms with Gasteiger partial charge in [0, 0.05) is 21.6 Å². The Kier molecular flexibility index (Phi) is 8.13. The fourth-order valence-corrected chi connectivity index (χ4v) is 6.08. The van der Waals surface area contributed by atoms with E-state index in [2.05, 4.69) is 31.1 Å². The molecule has 212 valence electrons. The zero-order valence-corrected chi connectivity index (χ0v) is 24.3. The molecule has 8 nitrogen and oxygen atoms in total. The largest absolute Gasteiger partial charge is 0.435 e. The molecule has 0 unspecified atom stereocenters. The minimum atomic E-state index is -4.81. The van der Waals surface area contributed by atoms with Gasteiger partial charge in [0.1, 0.15) is 5.69 Å². The molecular weight excluding hydrogens is 623 g/mol. The molecule has 2 N–H and O–H groups in total. The number of nitriles is 1. The van der Waals surface area contributed by atoms with E-state index in [0.29, 0.717) is 21.7 Å². The third-order valence-electron chi connectivity index (χ3n) is 5.60. The van der Waals surface area contributed by atoms with Crippen molar-refractivity contribution in [3.05, 3.63) is 94.2 Å². The number of benzene rings is 3. The smallest absolute Gasteiger partial charge is 0.320 e. The van der Waals surface area contributed by atoms with Crippen LogP contribution in [0, 0.1) is 11.3 Å². The number of hydrogen-bond acceptors (Lipinski definition) is 5. The van der Waals surface area contributed by atoms with Crippen LogP contribution in [0.3, 0.4) is 0 Å². The molecule has 41 heavy (non-hydrogen) atoms. The Morgan fingerprint density at radius 1 is 1.00 bits per heavy atom. The molecule has 3 aromatic carbocycles. The van der Waals surface area contributed by atoms with Crippen molar-refractivity contribution in [2.24, 2.45) is 0 Å². The summed E-state index contributed by atoms with van der Waals surface area (Å²) in [7, 11) is -3.88. The van der Waals surface area contributed by atoms with Crippen LogP contribution in [0.4, 0.5) is 18.9 Å². The number of hydrogen-bond donors (Lipinski definition) is 2. The fraction of sp³-hybridized carbons (Fsp3) is 0.179. The van der Waals surface area contributed by atoms with Crippen LogP contribution >= 0.6 is 15.9 Å². The second-order valence-corrected chi connectivity index (χ2v) is 12.5. The molecule has 0 aliphatic heterocycles. The first kappa shape index (κ1) is 30.0. The summed E-state index contributed by atoms with van der Waals surface area (Å²) >= 11 is 3.37. The summed E-state index contributed by atoms with van der Waals surface area (Å²) in [6.45, 7) is 5.18. The minimum Gasteiger partial charge on any atom is -0.320 e. The van der Waals surface area contributed by atoms with Crippen molar-refractivity contribution < 1.29 is 26.4 Å². The molecule has 0 atom stereocenters. The molecule has 1 aromatic heterocycles. The van der Waals surface area contributed by atoms with E-state index < -0.39 is 39.0 Å². The van der Waals surface area contributed by atoms with Crippen molar-refractivity contribution in [3.63, 3.8) is 0 Å². The van der Waals surface area contributed by atoms with E-state index in [0.717, 1.165) is 4.68 Å². The van der Waals surface area contributed by atoms with Gasteiger partial charge in [-0.1, -0.05) is 30.3 Å². The van der Waals surface area contributed by atoms with Gasteiger partial charge in [-0.3, -0.25) is 4.79 Å². The lowest BCUT2D eigenvalue weighted by Gasteiger charge is -2.21. The molecule has 0 spiro atoms. The molecule has 13 heteroatoms. The molecule has 0 saturated heterocycles. The van der Waals surface area contributed by atoms with Gasteiger partial charge in [0.05, 0.1) is 27.9 Å². The first-order chi connectivity index (χ1) is 19.1. The van der Waals surface area contributed by atoms with Gasteiger partial charge in [-0.25, -0.2) is 17.8 Å². The highest BCUT2D eigenvalue weighted by molar-refractivity contribution is 9.10. The Hall–Kier alpha value is -3.99. The third-order valence-corrected chi connectivity index (χ3v) is 8.07. The number of alkyl halides is 3. The Bertz CT molecular complexity index is 1790. The molecule has 0 fully saturated rings. The van der Waals surface area contributed by atoms with Crippen molar-refractivity contribution in [1.29, 1.82) is 5.26 Å². The zero-order chi connectivity index (χ0) is 30.2. The maximum absolute atomic E-state index is 13.5. The van der Waals surface area contributed by atoms with Crippen LogP contribution in [-0.2, 0) is 16.2 Å². The van der Waals surface area contributed by atoms with Gasteiger partial charge in [0.15, 0.2) is 5.69 Å². The van der Waals surface area contributed by atoms with Crippen molar-refractivity contribution in [1.82, 2.24) is 14.5 Å². The maximum atomic E-state index is 13.5. The van der Waals surface area contributed by atoms with Crippen molar-refractivity contribution >= 4 is 37.5 Å². The van der Waals surface area contributed by atoms with Gasteiger partial charge < -0.3 is 5.32 Å². The summed E-state index contributed by atoms with van der Waals surface area (Å²) in [5, 5.41) is 15.3. The number of aromatic nitrogens is 2. The summed E-state index contributed by atoms with van der Waals surface area (Å²) in [6.07, 6.45) is -4.81. The predicted octanol–water partition coefficient (Wildman–Crippen LogP) is 6.52. The van der Waals surface area contributed by atoms with E-state index in [-0.39, 0.29) is 21.8 Å². The van der Waals surface area contributed by atoms with Crippen molar-refractivity contribution in [3.8, 4) is 22.9 Å². The average molecular weight is 646 g/mol. The van der Waals surface area contributed by atoms with Crippen LogP contribution in [0.15, 0.2) is 82.2 Å². The topological polar surface area (TPSA) is 117 Å². The zero-order valence-electron chi connectivity index (χ0n) is 21.9. The molecule has 0 aliphatic rings. The lowest BCUT2D eigenvalue weighted by molar-refractivity contribution is -0.141. The first-order valence-corrected chi connectivity index (χ1v) is 14.3. The number of anilines is 1. The molecular formula is C28H23BrF3N5O3S. The Morgan fingerprint density at radius 3 is 2.34 bits per heavy atom. The molecule has 4 aromatic rings. The van der Waals surface area contributed by atoms with E-state index in [4.69, 9.17) is 0 Å². The van der Waals surface area contributed by atoms with Gasteiger partial charge in [0.2, 0.25) is 10.0 Å². The van der Waals surface area contributed by atoms with Gasteiger partial charge in [-0.2, -0.15) is 23.5 Å². The quantitative estimate of drug-likeness (QED) is 0.248. The molecule has 1 heterocycles. The third kappa shape index (κ3) is 6.84. The van der Waals surface area contributed by atoms with Crippen LogP contribution in [0.25, 0.3) is 16.8 Å². The van der Waals surface area contributed by atoms with Crippen molar-refractivity contribution in [2.75, 3.05) is 5.32 Å². The number of carbonyl (C=O) groups is 1. The van der Waals surface area contributed by atoms with E-state index >= 15 is 0 Å². The molecule has 4 rings (SSSR count). The predicted molar refractivity (Wildman–Crippen MR) is 151 cm³/mol.